The van der Waals surface area contributed by atoms with Crippen molar-refractivity contribution >= 4 is 23.2 Å². The third kappa shape index (κ3) is 3.14. The van der Waals surface area contributed by atoms with Gasteiger partial charge in [0.1, 0.15) is 0 Å². The average Bonchev–Trinajstić information content (AvgIpc) is 3.07. The first-order valence-corrected chi connectivity index (χ1v) is 6.46. The lowest BCUT2D eigenvalue weighted by molar-refractivity contribution is -0.0474. The van der Waals surface area contributed by atoms with Gasteiger partial charge in [0, 0.05) is 23.6 Å². The van der Waals surface area contributed by atoms with Crippen molar-refractivity contribution in [3.8, 4) is 0 Å². The lowest BCUT2D eigenvalue weighted by Crippen LogP contribution is -2.39. The molecule has 1 fully saturated rings. The summed E-state index contributed by atoms with van der Waals surface area (Å²) in [4.78, 5) is 0. The Morgan fingerprint density at radius 2 is 2.12 bits per heavy atom. The lowest BCUT2D eigenvalue weighted by Gasteiger charge is -2.28. The van der Waals surface area contributed by atoms with E-state index in [2.05, 4.69) is 0 Å². The van der Waals surface area contributed by atoms with Crippen LogP contribution in [0.3, 0.4) is 0 Å². The molecule has 1 aliphatic rings. The third-order valence-electron chi connectivity index (χ3n) is 3.24. The standard InChI is InChI=1S/C13H16Cl2O2/c1-17-8-13(16,10-2-3-10)7-9-6-11(14)4-5-12(9)15/h4-6,10,16H,2-3,7-8H2,1H3. The first kappa shape index (κ1) is 13.2. The Morgan fingerprint density at radius 3 is 2.71 bits per heavy atom. The molecule has 94 valence electrons. The summed E-state index contributed by atoms with van der Waals surface area (Å²) in [7, 11) is 1.60. The summed E-state index contributed by atoms with van der Waals surface area (Å²) in [5.74, 6) is 0.317. The maximum absolute atomic E-state index is 10.6. The first-order chi connectivity index (χ1) is 8.05. The Labute approximate surface area is 111 Å². The Balaban J connectivity index is 2.19. The van der Waals surface area contributed by atoms with Crippen molar-refractivity contribution in [3.63, 3.8) is 0 Å². The van der Waals surface area contributed by atoms with Crippen LogP contribution in [0.1, 0.15) is 18.4 Å². The summed E-state index contributed by atoms with van der Waals surface area (Å²) >= 11 is 12.1. The van der Waals surface area contributed by atoms with Crippen molar-refractivity contribution in [2.75, 3.05) is 13.7 Å². The molecular formula is C13H16Cl2O2. The number of hydrogen-bond donors (Lipinski definition) is 1. The van der Waals surface area contributed by atoms with Crippen molar-refractivity contribution in [2.45, 2.75) is 24.9 Å². The molecule has 0 heterocycles. The monoisotopic (exact) mass is 274 g/mol. The van der Waals surface area contributed by atoms with Crippen molar-refractivity contribution < 1.29 is 9.84 Å². The van der Waals surface area contributed by atoms with Gasteiger partial charge in [0.2, 0.25) is 0 Å². The molecule has 1 aromatic rings. The van der Waals surface area contributed by atoms with Crippen LogP contribution in [0.5, 0.6) is 0 Å². The first-order valence-electron chi connectivity index (χ1n) is 5.70. The molecule has 0 saturated heterocycles. The van der Waals surface area contributed by atoms with Gasteiger partial charge in [0.15, 0.2) is 0 Å². The number of hydrogen-bond acceptors (Lipinski definition) is 2. The van der Waals surface area contributed by atoms with Crippen LogP contribution in [-0.4, -0.2) is 24.4 Å². The van der Waals surface area contributed by atoms with Gasteiger partial charge in [0.05, 0.1) is 12.2 Å². The summed E-state index contributed by atoms with van der Waals surface area (Å²) in [6.07, 6.45) is 2.60. The van der Waals surface area contributed by atoms with E-state index in [1.165, 1.54) is 0 Å². The van der Waals surface area contributed by atoms with Gasteiger partial charge in [-0.2, -0.15) is 0 Å². The molecule has 0 radical (unpaired) electrons. The molecule has 1 unspecified atom stereocenters. The Morgan fingerprint density at radius 1 is 1.41 bits per heavy atom. The zero-order valence-electron chi connectivity index (χ0n) is 9.75. The van der Waals surface area contributed by atoms with Crippen molar-refractivity contribution in [2.24, 2.45) is 5.92 Å². The number of benzene rings is 1. The summed E-state index contributed by atoms with van der Waals surface area (Å²) < 4.78 is 5.12. The average molecular weight is 275 g/mol. The van der Waals surface area contributed by atoms with E-state index in [4.69, 9.17) is 27.9 Å². The lowest BCUT2D eigenvalue weighted by atomic mass is 9.90. The normalized spacial score (nSPS) is 19.1. The van der Waals surface area contributed by atoms with Crippen molar-refractivity contribution in [1.82, 2.24) is 0 Å². The SMILES string of the molecule is COCC(O)(Cc1cc(Cl)ccc1Cl)C1CC1. The number of ether oxygens (including phenoxy) is 1. The maximum Gasteiger partial charge on any atom is 0.0948 e. The van der Waals surface area contributed by atoms with Gasteiger partial charge in [-0.3, -0.25) is 0 Å². The van der Waals surface area contributed by atoms with Gasteiger partial charge < -0.3 is 9.84 Å². The van der Waals surface area contributed by atoms with Gasteiger partial charge in [-0.1, -0.05) is 23.2 Å². The molecule has 0 bridgehead atoms. The Bertz CT molecular complexity index is 404. The molecule has 1 saturated carbocycles. The fourth-order valence-electron chi connectivity index (χ4n) is 2.19. The van der Waals surface area contributed by atoms with Gasteiger partial charge in [-0.05, 0) is 42.5 Å². The van der Waals surface area contributed by atoms with Crippen molar-refractivity contribution in [1.29, 1.82) is 0 Å². The molecule has 1 aromatic carbocycles. The fourth-order valence-corrected chi connectivity index (χ4v) is 2.57. The minimum atomic E-state index is -0.816. The molecule has 2 rings (SSSR count). The Kier molecular flexibility index (Phi) is 3.99. The molecule has 2 nitrogen and oxygen atoms in total. The molecule has 1 aliphatic carbocycles. The van der Waals surface area contributed by atoms with E-state index < -0.39 is 5.60 Å². The maximum atomic E-state index is 10.6. The molecular weight excluding hydrogens is 259 g/mol. The second-order valence-electron chi connectivity index (χ2n) is 4.72. The minimum Gasteiger partial charge on any atom is -0.387 e. The largest absolute Gasteiger partial charge is 0.387 e. The van der Waals surface area contributed by atoms with Gasteiger partial charge in [-0.25, -0.2) is 0 Å². The Hall–Kier alpha value is -0.280. The molecule has 0 spiro atoms. The van der Waals surface area contributed by atoms with E-state index in [0.717, 1.165) is 18.4 Å². The van der Waals surface area contributed by atoms with Gasteiger partial charge in [-0.15, -0.1) is 0 Å². The predicted octanol–water partition coefficient (Wildman–Crippen LogP) is 3.32. The molecule has 1 N–H and O–H groups in total. The van der Waals surface area contributed by atoms with Crippen molar-refractivity contribution in [3.05, 3.63) is 33.8 Å². The highest BCUT2D eigenvalue weighted by Crippen LogP contribution is 2.42. The molecule has 0 amide bonds. The molecule has 0 aliphatic heterocycles. The summed E-state index contributed by atoms with van der Waals surface area (Å²) in [5.41, 5.74) is 0.0638. The molecule has 1 atom stereocenters. The molecule has 17 heavy (non-hydrogen) atoms. The summed E-state index contributed by atoms with van der Waals surface area (Å²) in [6.45, 7) is 0.334. The van der Waals surface area contributed by atoms with Crippen LogP contribution in [-0.2, 0) is 11.2 Å². The number of methoxy groups -OCH3 is 1. The fraction of sp³-hybridized carbons (Fsp3) is 0.538. The van der Waals surface area contributed by atoms with E-state index in [0.29, 0.717) is 29.0 Å². The predicted molar refractivity (Wildman–Crippen MR) is 69.7 cm³/mol. The van der Waals surface area contributed by atoms with Crippen LogP contribution in [0.25, 0.3) is 0 Å². The zero-order chi connectivity index (χ0) is 12.5. The van der Waals surface area contributed by atoms with Crippen LogP contribution in [0.2, 0.25) is 10.0 Å². The number of halogens is 2. The van der Waals surface area contributed by atoms with Crippen LogP contribution in [0, 0.1) is 5.92 Å². The van der Waals surface area contributed by atoms with E-state index >= 15 is 0 Å². The van der Waals surface area contributed by atoms with Gasteiger partial charge in [0.25, 0.3) is 0 Å². The van der Waals surface area contributed by atoms with Crippen LogP contribution >= 0.6 is 23.2 Å². The summed E-state index contributed by atoms with van der Waals surface area (Å²) in [5, 5.41) is 11.9. The van der Waals surface area contributed by atoms with E-state index in [-0.39, 0.29) is 0 Å². The second kappa shape index (κ2) is 5.15. The zero-order valence-corrected chi connectivity index (χ0v) is 11.3. The number of aliphatic hydroxyl groups is 1. The third-order valence-corrected chi connectivity index (χ3v) is 3.84. The topological polar surface area (TPSA) is 29.5 Å². The second-order valence-corrected chi connectivity index (χ2v) is 5.57. The van der Waals surface area contributed by atoms with Crippen LogP contribution in [0.4, 0.5) is 0 Å². The van der Waals surface area contributed by atoms with Crippen LogP contribution < -0.4 is 0 Å². The van der Waals surface area contributed by atoms with E-state index in [9.17, 15) is 5.11 Å². The quantitative estimate of drug-likeness (QED) is 0.893. The highest BCUT2D eigenvalue weighted by molar-refractivity contribution is 6.33. The van der Waals surface area contributed by atoms with E-state index in [1.54, 1.807) is 19.2 Å². The highest BCUT2D eigenvalue weighted by atomic mass is 35.5. The molecule has 4 heteroatoms. The van der Waals surface area contributed by atoms with Crippen LogP contribution in [0.15, 0.2) is 18.2 Å². The van der Waals surface area contributed by atoms with E-state index in [1.807, 2.05) is 6.07 Å². The summed E-state index contributed by atoms with van der Waals surface area (Å²) in [6, 6.07) is 5.33. The number of rotatable bonds is 5. The minimum absolute atomic E-state index is 0.317. The smallest absolute Gasteiger partial charge is 0.0948 e. The molecule has 0 aromatic heterocycles. The highest BCUT2D eigenvalue weighted by Gasteiger charge is 2.44. The van der Waals surface area contributed by atoms with Gasteiger partial charge >= 0.3 is 0 Å².